The Bertz CT molecular complexity index is 540. The van der Waals surface area contributed by atoms with Crippen LogP contribution in [0.25, 0.3) is 10.6 Å². The van der Waals surface area contributed by atoms with E-state index in [4.69, 9.17) is 9.26 Å². The van der Waals surface area contributed by atoms with Crippen LogP contribution in [0.3, 0.4) is 0 Å². The summed E-state index contributed by atoms with van der Waals surface area (Å²) < 4.78 is 9.99. The summed E-state index contributed by atoms with van der Waals surface area (Å²) in [7, 11) is 0. The number of carbonyl (C=O) groups is 1. The van der Waals surface area contributed by atoms with Gasteiger partial charge in [0.15, 0.2) is 0 Å². The summed E-state index contributed by atoms with van der Waals surface area (Å²) in [4.78, 5) is 15.8. The van der Waals surface area contributed by atoms with Crippen molar-refractivity contribution in [3.05, 3.63) is 22.5 Å². The minimum atomic E-state index is -0.256. The minimum Gasteiger partial charge on any atom is -0.466 e. The third kappa shape index (κ3) is 2.59. The second-order valence-electron chi connectivity index (χ2n) is 3.82. The molecule has 0 saturated heterocycles. The Kier molecular flexibility index (Phi) is 3.76. The van der Waals surface area contributed by atoms with Crippen LogP contribution in [-0.2, 0) is 16.0 Å². The molecule has 0 atom stereocenters. The molecule has 6 heteroatoms. The van der Waals surface area contributed by atoms with Gasteiger partial charge in [0.25, 0.3) is 0 Å². The summed E-state index contributed by atoms with van der Waals surface area (Å²) in [5.74, 6) is 0.484. The lowest BCUT2D eigenvalue weighted by Crippen LogP contribution is -2.07. The first-order chi connectivity index (χ1) is 8.61. The second kappa shape index (κ2) is 5.30. The lowest BCUT2D eigenvalue weighted by atomic mass is 10.2. The van der Waals surface area contributed by atoms with Gasteiger partial charge in [0.05, 0.1) is 30.0 Å². The predicted octanol–water partition coefficient (Wildman–Crippen LogP) is 2.52. The third-order valence-corrected chi connectivity index (χ3v) is 3.34. The van der Waals surface area contributed by atoms with Crippen LogP contribution in [0.2, 0.25) is 0 Å². The van der Waals surface area contributed by atoms with Crippen LogP contribution in [0.5, 0.6) is 0 Å². The molecule has 0 aliphatic carbocycles. The Morgan fingerprint density at radius 3 is 2.89 bits per heavy atom. The maximum Gasteiger partial charge on any atom is 0.311 e. The van der Waals surface area contributed by atoms with Crippen molar-refractivity contribution in [3.8, 4) is 10.6 Å². The summed E-state index contributed by atoms with van der Waals surface area (Å²) in [6, 6.07) is 0. The summed E-state index contributed by atoms with van der Waals surface area (Å²) in [6.07, 6.45) is 0.202. The second-order valence-corrected chi connectivity index (χ2v) is 4.68. The molecule has 0 saturated carbocycles. The van der Waals surface area contributed by atoms with Gasteiger partial charge < -0.3 is 9.26 Å². The van der Waals surface area contributed by atoms with Crippen LogP contribution in [0, 0.1) is 13.8 Å². The van der Waals surface area contributed by atoms with Gasteiger partial charge in [-0.15, -0.1) is 11.3 Å². The zero-order valence-electron chi connectivity index (χ0n) is 10.5. The highest BCUT2D eigenvalue weighted by Gasteiger charge is 2.16. The zero-order chi connectivity index (χ0) is 13.1. The number of thiazole rings is 1. The van der Waals surface area contributed by atoms with Gasteiger partial charge in [-0.1, -0.05) is 5.16 Å². The fourth-order valence-corrected chi connectivity index (χ4v) is 2.61. The molecule has 2 aromatic heterocycles. The third-order valence-electron chi connectivity index (χ3n) is 2.43. The molecule has 2 heterocycles. The standard InChI is InChI=1S/C12H14N2O3S/c1-4-16-10(15)5-9-6-18-12(13-9)11-7(2)14-17-8(11)3/h6H,4-5H2,1-3H3. The first-order valence-corrected chi connectivity index (χ1v) is 6.53. The van der Waals surface area contributed by atoms with Crippen molar-refractivity contribution in [2.24, 2.45) is 0 Å². The molecule has 0 aliphatic rings. The number of esters is 1. The number of rotatable bonds is 4. The molecule has 2 rings (SSSR count). The molecule has 0 spiro atoms. The predicted molar refractivity (Wildman–Crippen MR) is 67.4 cm³/mol. The largest absolute Gasteiger partial charge is 0.466 e. The van der Waals surface area contributed by atoms with Crippen LogP contribution < -0.4 is 0 Å². The molecule has 0 unspecified atom stereocenters. The maximum absolute atomic E-state index is 11.4. The van der Waals surface area contributed by atoms with E-state index in [0.29, 0.717) is 12.3 Å². The molecule has 0 N–H and O–H groups in total. The highest BCUT2D eigenvalue weighted by molar-refractivity contribution is 7.13. The molecule has 0 aromatic carbocycles. The SMILES string of the molecule is CCOC(=O)Cc1csc(-c2c(C)noc2C)n1. The van der Waals surface area contributed by atoms with E-state index in [9.17, 15) is 4.79 Å². The molecule has 0 aliphatic heterocycles. The van der Waals surface area contributed by atoms with Gasteiger partial charge in [-0.05, 0) is 20.8 Å². The van der Waals surface area contributed by atoms with E-state index in [0.717, 1.165) is 22.0 Å². The molecule has 5 nitrogen and oxygen atoms in total. The summed E-state index contributed by atoms with van der Waals surface area (Å²) in [6.45, 7) is 5.90. The molecule has 18 heavy (non-hydrogen) atoms. The fraction of sp³-hybridized carbons (Fsp3) is 0.417. The van der Waals surface area contributed by atoms with E-state index in [2.05, 4.69) is 10.1 Å². The monoisotopic (exact) mass is 266 g/mol. The van der Waals surface area contributed by atoms with Crippen molar-refractivity contribution in [1.82, 2.24) is 10.1 Å². The molecule has 0 amide bonds. The lowest BCUT2D eigenvalue weighted by Gasteiger charge is -1.98. The highest BCUT2D eigenvalue weighted by Crippen LogP contribution is 2.29. The Morgan fingerprint density at radius 2 is 2.28 bits per heavy atom. The molecule has 0 radical (unpaired) electrons. The molecule has 2 aromatic rings. The van der Waals surface area contributed by atoms with Gasteiger partial charge in [0.2, 0.25) is 0 Å². The van der Waals surface area contributed by atoms with Crippen molar-refractivity contribution in [3.63, 3.8) is 0 Å². The van der Waals surface area contributed by atoms with Crippen LogP contribution in [0.1, 0.15) is 24.1 Å². The normalized spacial score (nSPS) is 10.6. The Hall–Kier alpha value is -1.69. The van der Waals surface area contributed by atoms with E-state index in [-0.39, 0.29) is 12.4 Å². The van der Waals surface area contributed by atoms with E-state index >= 15 is 0 Å². The van der Waals surface area contributed by atoms with Gasteiger partial charge in [-0.25, -0.2) is 4.98 Å². The van der Waals surface area contributed by atoms with E-state index < -0.39 is 0 Å². The number of nitrogens with zero attached hydrogens (tertiary/aromatic N) is 2. The number of hydrogen-bond acceptors (Lipinski definition) is 6. The van der Waals surface area contributed by atoms with Crippen molar-refractivity contribution >= 4 is 17.3 Å². The average molecular weight is 266 g/mol. The number of hydrogen-bond donors (Lipinski definition) is 0. The number of aromatic nitrogens is 2. The molecular weight excluding hydrogens is 252 g/mol. The summed E-state index contributed by atoms with van der Waals surface area (Å²) in [5, 5.41) is 6.58. The summed E-state index contributed by atoms with van der Waals surface area (Å²) in [5.41, 5.74) is 2.44. The van der Waals surface area contributed by atoms with Crippen LogP contribution in [-0.4, -0.2) is 22.7 Å². The van der Waals surface area contributed by atoms with E-state index in [1.807, 2.05) is 19.2 Å². The van der Waals surface area contributed by atoms with Gasteiger partial charge in [-0.3, -0.25) is 4.79 Å². The topological polar surface area (TPSA) is 65.2 Å². The number of aryl methyl sites for hydroxylation is 2. The Morgan fingerprint density at radius 1 is 1.50 bits per heavy atom. The summed E-state index contributed by atoms with van der Waals surface area (Å²) >= 11 is 1.48. The first-order valence-electron chi connectivity index (χ1n) is 5.65. The van der Waals surface area contributed by atoms with Crippen molar-refractivity contribution < 1.29 is 14.1 Å². The van der Waals surface area contributed by atoms with Crippen LogP contribution >= 0.6 is 11.3 Å². The maximum atomic E-state index is 11.4. The highest BCUT2D eigenvalue weighted by atomic mass is 32.1. The van der Waals surface area contributed by atoms with Crippen LogP contribution in [0.4, 0.5) is 0 Å². The van der Waals surface area contributed by atoms with E-state index in [1.54, 1.807) is 6.92 Å². The molecule has 96 valence electrons. The fourth-order valence-electron chi connectivity index (χ4n) is 1.65. The average Bonchev–Trinajstić information content (AvgIpc) is 2.87. The quantitative estimate of drug-likeness (QED) is 0.795. The first kappa shape index (κ1) is 12.8. The van der Waals surface area contributed by atoms with Gasteiger partial charge in [0, 0.05) is 5.38 Å². The lowest BCUT2D eigenvalue weighted by molar-refractivity contribution is -0.142. The van der Waals surface area contributed by atoms with Crippen molar-refractivity contribution in [1.29, 1.82) is 0 Å². The van der Waals surface area contributed by atoms with Gasteiger partial charge in [0.1, 0.15) is 10.8 Å². The minimum absolute atomic E-state index is 0.202. The number of carbonyl (C=O) groups excluding carboxylic acids is 1. The van der Waals surface area contributed by atoms with Gasteiger partial charge in [-0.2, -0.15) is 0 Å². The molecular formula is C12H14N2O3S. The Balaban J connectivity index is 2.18. The smallest absolute Gasteiger partial charge is 0.311 e. The van der Waals surface area contributed by atoms with Gasteiger partial charge >= 0.3 is 5.97 Å². The van der Waals surface area contributed by atoms with Crippen molar-refractivity contribution in [2.75, 3.05) is 6.61 Å². The molecule has 0 bridgehead atoms. The number of ether oxygens (including phenoxy) is 1. The van der Waals surface area contributed by atoms with Crippen LogP contribution in [0.15, 0.2) is 9.90 Å². The molecule has 0 fully saturated rings. The van der Waals surface area contributed by atoms with E-state index in [1.165, 1.54) is 11.3 Å². The zero-order valence-corrected chi connectivity index (χ0v) is 11.3. The Labute approximate surface area is 109 Å². The van der Waals surface area contributed by atoms with Crippen molar-refractivity contribution in [2.45, 2.75) is 27.2 Å².